The van der Waals surface area contributed by atoms with E-state index in [1.54, 1.807) is 17.7 Å². The number of thiophene rings is 1. The maximum atomic E-state index is 12.4. The topological polar surface area (TPSA) is 72.1 Å². The standard InChI is InChI=1S/C23H20N4OS/c1-14-6-8-15(9-7-14)18-12-29-23-20(18)22(25-13-26-23)27-11-17-5-3-2-4-16(17)10-19(27)21(24)28/h2-9,12-13,19H,10-11H2,1H3,(H2,24,28)/t19-/m0/s1. The summed E-state index contributed by atoms with van der Waals surface area (Å²) in [5.41, 5.74) is 11.6. The van der Waals surface area contributed by atoms with Gasteiger partial charge in [0, 0.05) is 23.9 Å². The Morgan fingerprint density at radius 2 is 1.86 bits per heavy atom. The number of nitrogens with two attached hydrogens (primary N) is 1. The number of carbonyl (C=O) groups is 1. The lowest BCUT2D eigenvalue weighted by molar-refractivity contribution is -0.119. The molecule has 5 rings (SSSR count). The maximum absolute atomic E-state index is 12.4. The Bertz CT molecular complexity index is 1220. The largest absolute Gasteiger partial charge is 0.368 e. The summed E-state index contributed by atoms with van der Waals surface area (Å²) in [5, 5.41) is 3.09. The van der Waals surface area contributed by atoms with E-state index < -0.39 is 6.04 Å². The van der Waals surface area contributed by atoms with E-state index in [2.05, 4.69) is 58.7 Å². The lowest BCUT2D eigenvalue weighted by Gasteiger charge is -2.36. The van der Waals surface area contributed by atoms with E-state index in [1.165, 1.54) is 16.7 Å². The SMILES string of the molecule is Cc1ccc(-c2csc3ncnc(N4Cc5ccccc5C[C@H]4C(N)=O)c23)cc1. The van der Waals surface area contributed by atoms with Crippen molar-refractivity contribution >= 4 is 33.3 Å². The summed E-state index contributed by atoms with van der Waals surface area (Å²) in [7, 11) is 0. The van der Waals surface area contributed by atoms with Crippen LogP contribution in [0.15, 0.2) is 60.2 Å². The molecule has 2 aromatic carbocycles. The smallest absolute Gasteiger partial charge is 0.240 e. The minimum absolute atomic E-state index is 0.335. The van der Waals surface area contributed by atoms with Crippen molar-refractivity contribution in [3.8, 4) is 11.1 Å². The summed E-state index contributed by atoms with van der Waals surface area (Å²) in [5.74, 6) is 0.434. The lowest BCUT2D eigenvalue weighted by atomic mass is 9.93. The predicted octanol–water partition coefficient (Wildman–Crippen LogP) is 4.08. The highest BCUT2D eigenvalue weighted by molar-refractivity contribution is 7.17. The minimum atomic E-state index is -0.436. The number of fused-ring (bicyclic) bond motifs is 2. The molecule has 6 heteroatoms. The molecule has 2 aromatic heterocycles. The van der Waals surface area contributed by atoms with Crippen LogP contribution in [0.4, 0.5) is 5.82 Å². The summed E-state index contributed by atoms with van der Waals surface area (Å²) in [6.07, 6.45) is 2.16. The van der Waals surface area contributed by atoms with Crippen molar-refractivity contribution in [3.63, 3.8) is 0 Å². The molecule has 1 aliphatic rings. The van der Waals surface area contributed by atoms with E-state index in [-0.39, 0.29) is 5.91 Å². The molecule has 1 aliphatic heterocycles. The van der Waals surface area contributed by atoms with Crippen LogP contribution in [0.2, 0.25) is 0 Å². The first-order chi connectivity index (χ1) is 14.1. The van der Waals surface area contributed by atoms with Gasteiger partial charge in [0.15, 0.2) is 0 Å². The maximum Gasteiger partial charge on any atom is 0.240 e. The van der Waals surface area contributed by atoms with Crippen molar-refractivity contribution in [2.45, 2.75) is 25.9 Å². The highest BCUT2D eigenvalue weighted by Crippen LogP contribution is 2.40. The number of benzene rings is 2. The molecule has 1 amide bonds. The third kappa shape index (κ3) is 3.06. The van der Waals surface area contributed by atoms with Gasteiger partial charge in [-0.1, -0.05) is 54.1 Å². The van der Waals surface area contributed by atoms with Crippen LogP contribution in [0.3, 0.4) is 0 Å². The molecule has 4 aromatic rings. The van der Waals surface area contributed by atoms with Crippen molar-refractivity contribution in [3.05, 3.63) is 76.9 Å². The van der Waals surface area contributed by atoms with E-state index in [1.807, 2.05) is 17.0 Å². The van der Waals surface area contributed by atoms with Crippen molar-refractivity contribution in [2.24, 2.45) is 5.73 Å². The van der Waals surface area contributed by atoms with Crippen LogP contribution in [0.1, 0.15) is 16.7 Å². The molecule has 0 radical (unpaired) electrons. The van der Waals surface area contributed by atoms with E-state index >= 15 is 0 Å². The van der Waals surface area contributed by atoms with Crippen LogP contribution in [0.25, 0.3) is 21.3 Å². The Kier molecular flexibility index (Phi) is 4.28. The van der Waals surface area contributed by atoms with Crippen LogP contribution in [0.5, 0.6) is 0 Å². The van der Waals surface area contributed by atoms with Gasteiger partial charge in [0.1, 0.15) is 23.0 Å². The van der Waals surface area contributed by atoms with Crippen LogP contribution in [-0.4, -0.2) is 21.9 Å². The van der Waals surface area contributed by atoms with Crippen LogP contribution < -0.4 is 10.6 Å². The van der Waals surface area contributed by atoms with Gasteiger partial charge in [-0.25, -0.2) is 9.97 Å². The Balaban J connectivity index is 1.69. The normalized spacial score (nSPS) is 16.0. The van der Waals surface area contributed by atoms with Gasteiger partial charge >= 0.3 is 0 Å². The third-order valence-electron chi connectivity index (χ3n) is 5.56. The van der Waals surface area contributed by atoms with Crippen molar-refractivity contribution in [1.29, 1.82) is 0 Å². The zero-order chi connectivity index (χ0) is 20.0. The predicted molar refractivity (Wildman–Crippen MR) is 117 cm³/mol. The molecule has 3 heterocycles. The summed E-state index contributed by atoms with van der Waals surface area (Å²) < 4.78 is 0. The number of primary amides is 1. The van der Waals surface area contributed by atoms with Crippen LogP contribution in [0, 0.1) is 6.92 Å². The third-order valence-corrected chi connectivity index (χ3v) is 6.45. The molecular formula is C23H20N4OS. The monoisotopic (exact) mass is 400 g/mol. The van der Waals surface area contributed by atoms with Gasteiger partial charge in [0.2, 0.25) is 5.91 Å². The van der Waals surface area contributed by atoms with E-state index in [0.717, 1.165) is 27.2 Å². The number of rotatable bonds is 3. The molecule has 0 bridgehead atoms. The van der Waals surface area contributed by atoms with E-state index in [9.17, 15) is 4.79 Å². The van der Waals surface area contributed by atoms with Gasteiger partial charge in [0.25, 0.3) is 0 Å². The molecular weight excluding hydrogens is 380 g/mol. The lowest BCUT2D eigenvalue weighted by Crippen LogP contribution is -2.49. The van der Waals surface area contributed by atoms with Gasteiger partial charge in [-0.15, -0.1) is 11.3 Å². The zero-order valence-corrected chi connectivity index (χ0v) is 16.8. The van der Waals surface area contributed by atoms with Crippen molar-refractivity contribution < 1.29 is 4.79 Å². The summed E-state index contributed by atoms with van der Waals surface area (Å²) in [4.78, 5) is 24.4. The Morgan fingerprint density at radius 1 is 1.10 bits per heavy atom. The molecule has 144 valence electrons. The van der Waals surface area contributed by atoms with Gasteiger partial charge in [-0.3, -0.25) is 4.79 Å². The van der Waals surface area contributed by atoms with E-state index in [4.69, 9.17) is 5.73 Å². The van der Waals surface area contributed by atoms with Gasteiger partial charge < -0.3 is 10.6 Å². The second-order valence-corrected chi connectivity index (χ2v) is 8.27. The molecule has 0 unspecified atom stereocenters. The zero-order valence-electron chi connectivity index (χ0n) is 16.0. The second-order valence-electron chi connectivity index (χ2n) is 7.41. The number of anilines is 1. The van der Waals surface area contributed by atoms with Crippen LogP contribution >= 0.6 is 11.3 Å². The second kappa shape index (κ2) is 6.97. The van der Waals surface area contributed by atoms with Gasteiger partial charge in [0.05, 0.1) is 5.39 Å². The summed E-state index contributed by atoms with van der Waals surface area (Å²) >= 11 is 1.59. The quantitative estimate of drug-likeness (QED) is 0.562. The number of hydrogen-bond acceptors (Lipinski definition) is 5. The number of nitrogens with zero attached hydrogens (tertiary/aromatic N) is 3. The fourth-order valence-corrected chi connectivity index (χ4v) is 4.93. The van der Waals surface area contributed by atoms with Crippen molar-refractivity contribution in [1.82, 2.24) is 9.97 Å². The average molecular weight is 401 g/mol. The number of aryl methyl sites for hydroxylation is 1. The summed E-state index contributed by atoms with van der Waals surface area (Å²) in [6.45, 7) is 2.67. The molecule has 0 saturated heterocycles. The number of hydrogen-bond donors (Lipinski definition) is 1. The molecule has 0 spiro atoms. The Morgan fingerprint density at radius 3 is 2.62 bits per heavy atom. The Labute approximate surface area is 172 Å². The highest BCUT2D eigenvalue weighted by Gasteiger charge is 2.32. The van der Waals surface area contributed by atoms with E-state index in [0.29, 0.717) is 13.0 Å². The highest BCUT2D eigenvalue weighted by atomic mass is 32.1. The number of amides is 1. The molecule has 1 atom stereocenters. The first kappa shape index (κ1) is 17.8. The first-order valence-corrected chi connectivity index (χ1v) is 10.4. The first-order valence-electron chi connectivity index (χ1n) is 9.54. The minimum Gasteiger partial charge on any atom is -0.368 e. The molecule has 0 saturated carbocycles. The molecule has 2 N–H and O–H groups in total. The summed E-state index contributed by atoms with van der Waals surface area (Å²) in [6, 6.07) is 16.2. The number of carbonyl (C=O) groups excluding carboxylic acids is 1. The molecule has 5 nitrogen and oxygen atoms in total. The van der Waals surface area contributed by atoms with Crippen molar-refractivity contribution in [2.75, 3.05) is 4.90 Å². The fourth-order valence-electron chi connectivity index (χ4n) is 4.02. The Hall–Kier alpha value is -3.25. The molecule has 0 aliphatic carbocycles. The van der Waals surface area contributed by atoms with Gasteiger partial charge in [-0.2, -0.15) is 0 Å². The average Bonchev–Trinajstić information content (AvgIpc) is 3.17. The number of aromatic nitrogens is 2. The molecule has 29 heavy (non-hydrogen) atoms. The fraction of sp³-hybridized carbons (Fsp3) is 0.174. The van der Waals surface area contributed by atoms with Gasteiger partial charge in [-0.05, 0) is 23.6 Å². The van der Waals surface area contributed by atoms with Crippen LogP contribution in [-0.2, 0) is 17.8 Å². The molecule has 0 fully saturated rings.